The van der Waals surface area contributed by atoms with Crippen LogP contribution in [0.25, 0.3) is 22.2 Å². The van der Waals surface area contributed by atoms with E-state index in [9.17, 15) is 4.79 Å². The maximum atomic E-state index is 13.4. The minimum absolute atomic E-state index is 0.0232. The normalized spacial score (nSPS) is 11.2. The number of fused-ring (bicyclic) bond motifs is 1. The molecule has 0 aliphatic rings. The number of nitrogens with one attached hydrogen (secondary N) is 1. The van der Waals surface area contributed by atoms with E-state index in [1.807, 2.05) is 61.6 Å². The van der Waals surface area contributed by atoms with Crippen molar-refractivity contribution in [3.63, 3.8) is 0 Å². The average Bonchev–Trinajstić information content (AvgIpc) is 2.72. The van der Waals surface area contributed by atoms with Crippen LogP contribution in [0.15, 0.2) is 83.7 Å². The van der Waals surface area contributed by atoms with Crippen LogP contribution in [-0.4, -0.2) is 16.9 Å². The summed E-state index contributed by atoms with van der Waals surface area (Å²) in [5.74, 6) is 0. The number of halogens is 1. The van der Waals surface area contributed by atoms with Gasteiger partial charge in [-0.25, -0.2) is 0 Å². The molecule has 0 bridgehead atoms. The highest BCUT2D eigenvalue weighted by atomic mass is 35.5. The largest absolute Gasteiger partial charge is 0.354 e. The standard InChI is InChI=1S/C24H21ClN2O/c1-27(15-17-8-4-2-5-9-17)16-21-23(18-10-6-3-7-11-18)26-22-13-12-19(25)14-20(22)24(21)28/h2-14H,15-16H2,1H3,(H,26,28). The van der Waals surface area contributed by atoms with E-state index in [0.29, 0.717) is 17.0 Å². The Morgan fingerprint density at radius 3 is 2.29 bits per heavy atom. The van der Waals surface area contributed by atoms with Crippen LogP contribution in [0, 0.1) is 0 Å². The molecule has 4 aromatic rings. The fraction of sp³-hybridized carbons (Fsp3) is 0.125. The molecule has 0 amide bonds. The van der Waals surface area contributed by atoms with Crippen LogP contribution in [0.2, 0.25) is 5.02 Å². The quantitative estimate of drug-likeness (QED) is 0.491. The Kier molecular flexibility index (Phi) is 5.29. The van der Waals surface area contributed by atoms with E-state index < -0.39 is 0 Å². The first kappa shape index (κ1) is 18.5. The second-order valence-corrected chi connectivity index (χ2v) is 7.46. The molecule has 0 unspecified atom stereocenters. The molecule has 1 aromatic heterocycles. The SMILES string of the molecule is CN(Cc1ccccc1)Cc1c(-c2ccccc2)[nH]c2ccc(Cl)cc2c1=O. The number of benzene rings is 3. The van der Waals surface area contributed by atoms with Crippen molar-refractivity contribution in [2.75, 3.05) is 7.05 Å². The van der Waals surface area contributed by atoms with Crippen LogP contribution in [0.3, 0.4) is 0 Å². The predicted octanol–water partition coefficient (Wildman–Crippen LogP) is 5.48. The fourth-order valence-electron chi connectivity index (χ4n) is 3.52. The van der Waals surface area contributed by atoms with E-state index in [4.69, 9.17) is 11.6 Å². The second kappa shape index (κ2) is 8.01. The number of nitrogens with zero attached hydrogens (tertiary/aromatic N) is 1. The molecule has 3 nitrogen and oxygen atoms in total. The third-order valence-corrected chi connectivity index (χ3v) is 5.08. The van der Waals surface area contributed by atoms with E-state index >= 15 is 0 Å². The topological polar surface area (TPSA) is 36.1 Å². The van der Waals surface area contributed by atoms with Gasteiger partial charge in [-0.2, -0.15) is 0 Å². The van der Waals surface area contributed by atoms with E-state index in [0.717, 1.165) is 28.9 Å². The van der Waals surface area contributed by atoms with Crippen molar-refractivity contribution in [3.8, 4) is 11.3 Å². The Morgan fingerprint density at radius 1 is 0.893 bits per heavy atom. The zero-order valence-electron chi connectivity index (χ0n) is 15.7. The summed E-state index contributed by atoms with van der Waals surface area (Å²) in [6, 6.07) is 25.7. The fourth-order valence-corrected chi connectivity index (χ4v) is 3.69. The Bertz CT molecular complexity index is 1150. The molecule has 0 saturated heterocycles. The summed E-state index contributed by atoms with van der Waals surface area (Å²) in [6.07, 6.45) is 0. The highest BCUT2D eigenvalue weighted by molar-refractivity contribution is 6.31. The van der Waals surface area contributed by atoms with Gasteiger partial charge in [0.2, 0.25) is 0 Å². The highest BCUT2D eigenvalue weighted by Gasteiger charge is 2.16. The van der Waals surface area contributed by atoms with Gasteiger partial charge in [0.05, 0.1) is 5.69 Å². The van der Waals surface area contributed by atoms with Crippen molar-refractivity contribution in [1.29, 1.82) is 0 Å². The van der Waals surface area contributed by atoms with Crippen molar-refractivity contribution < 1.29 is 0 Å². The Labute approximate surface area is 169 Å². The number of pyridine rings is 1. The number of H-pyrrole nitrogens is 1. The number of aromatic amines is 1. The number of rotatable bonds is 5. The molecule has 1 N–H and O–H groups in total. The van der Waals surface area contributed by atoms with E-state index in [2.05, 4.69) is 22.0 Å². The van der Waals surface area contributed by atoms with E-state index in [1.54, 1.807) is 12.1 Å². The van der Waals surface area contributed by atoms with Crippen molar-refractivity contribution in [3.05, 3.63) is 105 Å². The van der Waals surface area contributed by atoms with Gasteiger partial charge < -0.3 is 4.98 Å². The molecule has 0 radical (unpaired) electrons. The van der Waals surface area contributed by atoms with Gasteiger partial charge in [0.25, 0.3) is 0 Å². The molecule has 0 saturated carbocycles. The summed E-state index contributed by atoms with van der Waals surface area (Å²) in [5.41, 5.74) is 4.64. The van der Waals surface area contributed by atoms with Crippen LogP contribution in [-0.2, 0) is 13.1 Å². The maximum Gasteiger partial charge on any atom is 0.194 e. The van der Waals surface area contributed by atoms with Crippen LogP contribution < -0.4 is 5.43 Å². The van der Waals surface area contributed by atoms with Crippen molar-refractivity contribution in [2.45, 2.75) is 13.1 Å². The van der Waals surface area contributed by atoms with Gasteiger partial charge in [-0.15, -0.1) is 0 Å². The van der Waals surface area contributed by atoms with Gasteiger partial charge in [-0.1, -0.05) is 72.3 Å². The molecule has 0 fully saturated rings. The summed E-state index contributed by atoms with van der Waals surface area (Å²) < 4.78 is 0. The summed E-state index contributed by atoms with van der Waals surface area (Å²) in [7, 11) is 2.03. The molecule has 0 aliphatic heterocycles. The van der Waals surface area contributed by atoms with Gasteiger partial charge in [0, 0.05) is 34.6 Å². The molecule has 0 atom stereocenters. The number of hydrogen-bond donors (Lipinski definition) is 1. The monoisotopic (exact) mass is 388 g/mol. The summed E-state index contributed by atoms with van der Waals surface area (Å²) >= 11 is 6.15. The minimum Gasteiger partial charge on any atom is -0.354 e. The average molecular weight is 389 g/mol. The first-order chi connectivity index (χ1) is 13.6. The first-order valence-electron chi connectivity index (χ1n) is 9.24. The summed E-state index contributed by atoms with van der Waals surface area (Å²) in [5, 5.41) is 1.18. The van der Waals surface area contributed by atoms with Gasteiger partial charge in [0.15, 0.2) is 5.43 Å². The summed E-state index contributed by atoms with van der Waals surface area (Å²) in [4.78, 5) is 19.0. The maximum absolute atomic E-state index is 13.4. The lowest BCUT2D eigenvalue weighted by molar-refractivity contribution is 0.318. The second-order valence-electron chi connectivity index (χ2n) is 7.02. The van der Waals surface area contributed by atoms with Crippen molar-refractivity contribution in [2.24, 2.45) is 0 Å². The van der Waals surface area contributed by atoms with E-state index in [-0.39, 0.29) is 5.43 Å². The predicted molar refractivity (Wildman–Crippen MR) is 117 cm³/mol. The molecule has 0 spiro atoms. The minimum atomic E-state index is 0.0232. The van der Waals surface area contributed by atoms with Crippen LogP contribution in [0.1, 0.15) is 11.1 Å². The van der Waals surface area contributed by atoms with Crippen LogP contribution in [0.4, 0.5) is 0 Å². The molecular formula is C24H21ClN2O. The lowest BCUT2D eigenvalue weighted by Crippen LogP contribution is -2.23. The lowest BCUT2D eigenvalue weighted by Gasteiger charge is -2.19. The Morgan fingerprint density at radius 2 is 1.57 bits per heavy atom. The molecule has 140 valence electrons. The third-order valence-electron chi connectivity index (χ3n) is 4.85. The van der Waals surface area contributed by atoms with Gasteiger partial charge in [-0.3, -0.25) is 9.69 Å². The number of hydrogen-bond acceptors (Lipinski definition) is 2. The molecule has 1 heterocycles. The first-order valence-corrected chi connectivity index (χ1v) is 9.62. The Hall–Kier alpha value is -2.88. The highest BCUT2D eigenvalue weighted by Crippen LogP contribution is 2.25. The third kappa shape index (κ3) is 3.86. The van der Waals surface area contributed by atoms with Gasteiger partial charge >= 0.3 is 0 Å². The van der Waals surface area contributed by atoms with Crippen molar-refractivity contribution >= 4 is 22.5 Å². The molecular weight excluding hydrogens is 368 g/mol. The molecule has 0 aliphatic carbocycles. The summed E-state index contributed by atoms with van der Waals surface area (Å²) in [6.45, 7) is 1.30. The van der Waals surface area contributed by atoms with Gasteiger partial charge in [-0.05, 0) is 36.4 Å². The zero-order chi connectivity index (χ0) is 19.5. The van der Waals surface area contributed by atoms with Crippen LogP contribution in [0.5, 0.6) is 0 Å². The Balaban J connectivity index is 1.80. The molecule has 4 heteroatoms. The molecule has 28 heavy (non-hydrogen) atoms. The van der Waals surface area contributed by atoms with Gasteiger partial charge in [0.1, 0.15) is 0 Å². The lowest BCUT2D eigenvalue weighted by atomic mass is 10.0. The van der Waals surface area contributed by atoms with E-state index in [1.165, 1.54) is 5.56 Å². The van der Waals surface area contributed by atoms with Crippen LogP contribution >= 0.6 is 11.6 Å². The zero-order valence-corrected chi connectivity index (χ0v) is 16.4. The number of aromatic nitrogens is 1. The molecule has 3 aromatic carbocycles. The van der Waals surface area contributed by atoms with Crippen molar-refractivity contribution in [1.82, 2.24) is 9.88 Å². The smallest absolute Gasteiger partial charge is 0.194 e. The molecule has 4 rings (SSSR count).